The van der Waals surface area contributed by atoms with Gasteiger partial charge in [-0.15, -0.1) is 11.3 Å². The largest absolute Gasteiger partial charge is 0.308 e. The number of rotatable bonds is 3. The van der Waals surface area contributed by atoms with Gasteiger partial charge in [0.25, 0.3) is 5.56 Å². The lowest BCUT2D eigenvalue weighted by atomic mass is 10.2. The molecule has 0 N–H and O–H groups in total. The van der Waals surface area contributed by atoms with E-state index in [9.17, 15) is 10.1 Å². The Morgan fingerprint density at radius 1 is 1.19 bits per heavy atom. The van der Waals surface area contributed by atoms with Crippen LogP contribution in [0.3, 0.4) is 0 Å². The number of benzene rings is 1. The summed E-state index contributed by atoms with van der Waals surface area (Å²) in [6.07, 6.45) is 1.68. The first-order valence-electron chi connectivity index (χ1n) is 9.65. The average Bonchev–Trinajstić information content (AvgIpc) is 3.16. The zero-order valence-electron chi connectivity index (χ0n) is 17.8. The van der Waals surface area contributed by atoms with Crippen LogP contribution in [0.15, 0.2) is 38.6 Å². The van der Waals surface area contributed by atoms with Crippen LogP contribution in [0.5, 0.6) is 0 Å². The highest BCUT2D eigenvalue weighted by atomic mass is 79.9. The first kappa shape index (κ1) is 21.2. The van der Waals surface area contributed by atoms with E-state index in [0.29, 0.717) is 22.3 Å². The lowest BCUT2D eigenvalue weighted by molar-refractivity contribution is 0.770. The van der Waals surface area contributed by atoms with Gasteiger partial charge >= 0.3 is 0 Å². The van der Waals surface area contributed by atoms with Gasteiger partial charge in [0.2, 0.25) is 0 Å². The van der Waals surface area contributed by atoms with Crippen molar-refractivity contribution in [2.24, 2.45) is 5.10 Å². The molecule has 1 aromatic carbocycles. The van der Waals surface area contributed by atoms with E-state index in [-0.39, 0.29) is 5.56 Å². The Balaban J connectivity index is 1.82. The molecule has 0 radical (unpaired) electrons. The van der Waals surface area contributed by atoms with Crippen molar-refractivity contribution >= 4 is 44.4 Å². The van der Waals surface area contributed by atoms with Crippen LogP contribution in [0.4, 0.5) is 0 Å². The first-order chi connectivity index (χ1) is 14.7. The Labute approximate surface area is 192 Å². The van der Waals surface area contributed by atoms with E-state index in [4.69, 9.17) is 0 Å². The number of thiophene rings is 1. The second-order valence-corrected chi connectivity index (χ2v) is 9.54. The molecular formula is C23H20BrN5OS. The third-order valence-electron chi connectivity index (χ3n) is 5.43. The number of aryl methyl sites for hydroxylation is 3. The van der Waals surface area contributed by atoms with E-state index >= 15 is 0 Å². The minimum atomic E-state index is -0.217. The third-order valence-corrected chi connectivity index (χ3v) is 7.12. The fourth-order valence-electron chi connectivity index (χ4n) is 3.64. The molecule has 6 nitrogen and oxygen atoms in total. The standard InChI is InChI=1S/C23H20BrN5OS/c1-12-8-17(14(3)28(12)23-20(10-25)13(2)15(4)31-23)11-26-29-16(5)27-21-7-6-18(24)9-19(21)22(29)30/h6-9,11H,1-5H3. The Kier molecular flexibility index (Phi) is 5.42. The maximum absolute atomic E-state index is 13.0. The van der Waals surface area contributed by atoms with Gasteiger partial charge in [-0.1, -0.05) is 15.9 Å². The molecule has 0 unspecified atom stereocenters. The van der Waals surface area contributed by atoms with Crippen LogP contribution in [0, 0.1) is 45.9 Å². The van der Waals surface area contributed by atoms with Gasteiger partial charge in [0.1, 0.15) is 16.9 Å². The molecule has 4 rings (SSSR count). The number of hydrogen-bond donors (Lipinski definition) is 0. The summed E-state index contributed by atoms with van der Waals surface area (Å²) in [4.78, 5) is 18.6. The summed E-state index contributed by atoms with van der Waals surface area (Å²) in [5.41, 5.74) is 4.98. The van der Waals surface area contributed by atoms with Crippen LogP contribution in [0.25, 0.3) is 15.9 Å². The number of fused-ring (bicyclic) bond motifs is 1. The van der Waals surface area contributed by atoms with E-state index < -0.39 is 0 Å². The van der Waals surface area contributed by atoms with E-state index in [1.54, 1.807) is 30.5 Å². The topological polar surface area (TPSA) is 76.0 Å². The third kappa shape index (κ3) is 3.54. The molecule has 0 saturated heterocycles. The fourth-order valence-corrected chi connectivity index (χ4v) is 5.22. The lowest BCUT2D eigenvalue weighted by Gasteiger charge is -2.08. The molecule has 0 atom stereocenters. The van der Waals surface area contributed by atoms with Gasteiger partial charge in [0.05, 0.1) is 22.7 Å². The average molecular weight is 494 g/mol. The molecule has 0 spiro atoms. The van der Waals surface area contributed by atoms with Gasteiger partial charge in [-0.2, -0.15) is 15.0 Å². The summed E-state index contributed by atoms with van der Waals surface area (Å²) in [6, 6.07) is 9.78. The first-order valence-corrected chi connectivity index (χ1v) is 11.3. The van der Waals surface area contributed by atoms with Crippen molar-refractivity contribution in [1.82, 2.24) is 14.2 Å². The summed E-state index contributed by atoms with van der Waals surface area (Å²) in [7, 11) is 0. The Morgan fingerprint density at radius 3 is 2.65 bits per heavy atom. The molecule has 31 heavy (non-hydrogen) atoms. The van der Waals surface area contributed by atoms with Gasteiger partial charge in [0.15, 0.2) is 0 Å². The van der Waals surface area contributed by atoms with Crippen LogP contribution in [0.2, 0.25) is 0 Å². The van der Waals surface area contributed by atoms with Crippen molar-refractivity contribution in [1.29, 1.82) is 5.26 Å². The minimum absolute atomic E-state index is 0.217. The van der Waals surface area contributed by atoms with Gasteiger partial charge in [-0.3, -0.25) is 4.79 Å². The number of nitrogens with zero attached hydrogens (tertiary/aromatic N) is 5. The van der Waals surface area contributed by atoms with Gasteiger partial charge in [0, 0.05) is 26.3 Å². The molecule has 0 aliphatic carbocycles. The molecule has 156 valence electrons. The van der Waals surface area contributed by atoms with Gasteiger partial charge in [-0.25, -0.2) is 4.98 Å². The quantitative estimate of drug-likeness (QED) is 0.363. The molecule has 4 aromatic rings. The molecule has 0 bridgehead atoms. The highest BCUT2D eigenvalue weighted by Crippen LogP contribution is 2.33. The molecule has 8 heteroatoms. The van der Waals surface area contributed by atoms with Crippen molar-refractivity contribution in [2.45, 2.75) is 34.6 Å². The summed E-state index contributed by atoms with van der Waals surface area (Å²) in [5, 5.41) is 15.5. The summed E-state index contributed by atoms with van der Waals surface area (Å²) < 4.78 is 4.22. The summed E-state index contributed by atoms with van der Waals surface area (Å²) in [5.74, 6) is 0.515. The monoisotopic (exact) mass is 493 g/mol. The molecule has 0 fully saturated rings. The van der Waals surface area contributed by atoms with Crippen LogP contribution < -0.4 is 5.56 Å². The number of aromatic nitrogens is 3. The van der Waals surface area contributed by atoms with E-state index in [2.05, 4.69) is 36.7 Å². The lowest BCUT2D eigenvalue weighted by Crippen LogP contribution is -2.20. The Bertz CT molecular complexity index is 1480. The summed E-state index contributed by atoms with van der Waals surface area (Å²) >= 11 is 5.02. The second-order valence-electron chi connectivity index (χ2n) is 7.42. The molecular weight excluding hydrogens is 474 g/mol. The molecule has 3 heterocycles. The van der Waals surface area contributed by atoms with E-state index in [1.165, 1.54) is 4.68 Å². The van der Waals surface area contributed by atoms with Crippen molar-refractivity contribution in [2.75, 3.05) is 0 Å². The Morgan fingerprint density at radius 2 is 1.94 bits per heavy atom. The zero-order chi connectivity index (χ0) is 22.4. The SMILES string of the molecule is Cc1sc(-n2c(C)cc(C=Nn3c(C)nc4ccc(Br)cc4c3=O)c2C)c(C#N)c1C. The van der Waals surface area contributed by atoms with Gasteiger partial charge < -0.3 is 4.57 Å². The Hall–Kier alpha value is -3.02. The number of halogens is 1. The summed E-state index contributed by atoms with van der Waals surface area (Å²) in [6.45, 7) is 9.76. The normalized spacial score (nSPS) is 11.5. The maximum atomic E-state index is 13.0. The van der Waals surface area contributed by atoms with Crippen LogP contribution in [0.1, 0.15) is 38.8 Å². The second kappa shape index (κ2) is 7.91. The van der Waals surface area contributed by atoms with E-state index in [1.807, 2.05) is 45.9 Å². The zero-order valence-corrected chi connectivity index (χ0v) is 20.2. The number of nitriles is 1. The smallest absolute Gasteiger partial charge is 0.282 e. The number of hydrogen-bond acceptors (Lipinski definition) is 5. The molecule has 0 aliphatic rings. The highest BCUT2D eigenvalue weighted by molar-refractivity contribution is 9.10. The van der Waals surface area contributed by atoms with Crippen LogP contribution in [-0.2, 0) is 0 Å². The van der Waals surface area contributed by atoms with E-state index in [0.717, 1.165) is 36.9 Å². The van der Waals surface area contributed by atoms with Crippen LogP contribution in [-0.4, -0.2) is 20.4 Å². The molecule has 3 aromatic heterocycles. The van der Waals surface area contributed by atoms with Crippen LogP contribution >= 0.6 is 27.3 Å². The van der Waals surface area contributed by atoms with Gasteiger partial charge in [-0.05, 0) is 64.4 Å². The minimum Gasteiger partial charge on any atom is -0.308 e. The van der Waals surface area contributed by atoms with Crippen molar-refractivity contribution in [3.63, 3.8) is 0 Å². The predicted molar refractivity (Wildman–Crippen MR) is 129 cm³/mol. The maximum Gasteiger partial charge on any atom is 0.282 e. The highest BCUT2D eigenvalue weighted by Gasteiger charge is 2.18. The molecule has 0 aliphatic heterocycles. The molecule has 0 saturated carbocycles. The van der Waals surface area contributed by atoms with Crippen molar-refractivity contribution < 1.29 is 0 Å². The van der Waals surface area contributed by atoms with Crippen molar-refractivity contribution in [3.05, 3.63) is 77.9 Å². The predicted octanol–water partition coefficient (Wildman–Crippen LogP) is 5.31. The van der Waals surface area contributed by atoms with Crippen molar-refractivity contribution in [3.8, 4) is 11.1 Å². The fraction of sp³-hybridized carbons (Fsp3) is 0.217. The molecule has 0 amide bonds.